The first kappa shape index (κ1) is 26.8. The fourth-order valence-electron chi connectivity index (χ4n) is 5.79. The summed E-state index contributed by atoms with van der Waals surface area (Å²) >= 11 is 0. The summed E-state index contributed by atoms with van der Waals surface area (Å²) in [6.07, 6.45) is 2.98. The van der Waals surface area contributed by atoms with Crippen LogP contribution in [-0.2, 0) is 42.9 Å². The van der Waals surface area contributed by atoms with E-state index in [1.165, 1.54) is 19.1 Å². The molecule has 1 N–H and O–H groups in total. The van der Waals surface area contributed by atoms with Crippen LogP contribution in [0.15, 0.2) is 47.1 Å². The summed E-state index contributed by atoms with van der Waals surface area (Å²) in [5, 5.41) is 9.25. The maximum Gasteiger partial charge on any atom is 0.337 e. The van der Waals surface area contributed by atoms with Crippen LogP contribution in [0.3, 0.4) is 0 Å². The molecule has 200 valence electrons. The van der Waals surface area contributed by atoms with Crippen molar-refractivity contribution < 1.29 is 48.0 Å². The van der Waals surface area contributed by atoms with E-state index in [0.717, 1.165) is 5.57 Å². The average Bonchev–Trinajstić information content (AvgIpc) is 3.47. The van der Waals surface area contributed by atoms with Crippen LogP contribution in [0.4, 0.5) is 0 Å². The number of aliphatic hydroxyl groups is 1. The molecular formula is C27H32O10. The third-order valence-corrected chi connectivity index (χ3v) is 7.69. The van der Waals surface area contributed by atoms with E-state index in [4.69, 9.17) is 23.7 Å². The van der Waals surface area contributed by atoms with Crippen LogP contribution in [0.1, 0.15) is 34.1 Å². The highest BCUT2D eigenvalue weighted by molar-refractivity contribution is 5.93. The standard InChI is InChI=1S/C27H32O10/c1-6-16(10-28)25(31)33-11-17(7-2)26(32)36-19-9-27(12-34-27)22-18(35-15(5)29)8-13(3)20(22)23-21(19)14(4)24(30)37-23/h6-8,18-23,28H,4,9-12H2,1-3,5H3/b16-6+,17-7+/t18-,19-,20+,21-,22-,23-,27+/m1/s1. The molecule has 0 amide bonds. The Labute approximate surface area is 214 Å². The smallest absolute Gasteiger partial charge is 0.337 e. The lowest BCUT2D eigenvalue weighted by Gasteiger charge is -2.31. The Hall–Kier alpha value is -3.24. The van der Waals surface area contributed by atoms with Gasteiger partial charge in [0.15, 0.2) is 0 Å². The Balaban J connectivity index is 1.59. The quantitative estimate of drug-likeness (QED) is 0.175. The molecule has 7 atom stereocenters. The van der Waals surface area contributed by atoms with Gasteiger partial charge in [0.1, 0.15) is 30.5 Å². The lowest BCUT2D eigenvalue weighted by atomic mass is 9.77. The lowest BCUT2D eigenvalue weighted by Crippen LogP contribution is -2.41. The van der Waals surface area contributed by atoms with Crippen molar-refractivity contribution in [3.63, 3.8) is 0 Å². The normalized spacial score (nSPS) is 34.7. The van der Waals surface area contributed by atoms with E-state index >= 15 is 0 Å². The third-order valence-electron chi connectivity index (χ3n) is 7.69. The van der Waals surface area contributed by atoms with Gasteiger partial charge in [-0.15, -0.1) is 0 Å². The first-order valence-electron chi connectivity index (χ1n) is 12.3. The van der Waals surface area contributed by atoms with Crippen molar-refractivity contribution in [2.24, 2.45) is 17.8 Å². The van der Waals surface area contributed by atoms with Gasteiger partial charge in [-0.3, -0.25) is 4.79 Å². The van der Waals surface area contributed by atoms with E-state index in [1.807, 2.05) is 13.0 Å². The zero-order valence-corrected chi connectivity index (χ0v) is 21.4. The number of allylic oxidation sites excluding steroid dienone is 2. The average molecular weight is 517 g/mol. The van der Waals surface area contributed by atoms with Crippen molar-refractivity contribution in [2.75, 3.05) is 19.8 Å². The largest absolute Gasteiger partial charge is 0.458 e. The van der Waals surface area contributed by atoms with E-state index in [2.05, 4.69) is 6.58 Å². The summed E-state index contributed by atoms with van der Waals surface area (Å²) < 4.78 is 28.4. The van der Waals surface area contributed by atoms with Crippen LogP contribution in [-0.4, -0.2) is 72.7 Å². The molecule has 1 saturated carbocycles. The molecule has 2 aliphatic heterocycles. The van der Waals surface area contributed by atoms with Gasteiger partial charge in [-0.05, 0) is 26.8 Å². The predicted molar refractivity (Wildman–Crippen MR) is 128 cm³/mol. The summed E-state index contributed by atoms with van der Waals surface area (Å²) in [5.74, 6) is -3.70. The minimum Gasteiger partial charge on any atom is -0.458 e. The number of epoxide rings is 1. The maximum absolute atomic E-state index is 13.2. The van der Waals surface area contributed by atoms with E-state index in [0.29, 0.717) is 6.61 Å². The van der Waals surface area contributed by atoms with Gasteiger partial charge in [0, 0.05) is 30.8 Å². The van der Waals surface area contributed by atoms with Gasteiger partial charge in [0.2, 0.25) is 0 Å². The number of aliphatic hydroxyl groups excluding tert-OH is 1. The highest BCUT2D eigenvalue weighted by Crippen LogP contribution is 2.58. The molecule has 4 rings (SSSR count). The summed E-state index contributed by atoms with van der Waals surface area (Å²) in [5.41, 5.74) is 0.542. The van der Waals surface area contributed by atoms with Crippen LogP contribution in [0, 0.1) is 17.8 Å². The van der Waals surface area contributed by atoms with Gasteiger partial charge in [-0.25, -0.2) is 14.4 Å². The van der Waals surface area contributed by atoms with Crippen molar-refractivity contribution in [1.29, 1.82) is 0 Å². The van der Waals surface area contributed by atoms with Gasteiger partial charge in [-0.1, -0.05) is 24.3 Å². The molecule has 0 aromatic rings. The first-order chi connectivity index (χ1) is 17.6. The van der Waals surface area contributed by atoms with Crippen molar-refractivity contribution in [3.8, 4) is 0 Å². The van der Waals surface area contributed by atoms with Gasteiger partial charge >= 0.3 is 23.9 Å². The second-order valence-corrected chi connectivity index (χ2v) is 9.82. The third kappa shape index (κ3) is 4.87. The molecule has 0 aromatic carbocycles. The molecule has 3 fully saturated rings. The Bertz CT molecular complexity index is 1110. The van der Waals surface area contributed by atoms with Gasteiger partial charge in [0.05, 0.1) is 30.3 Å². The van der Waals surface area contributed by atoms with Crippen LogP contribution >= 0.6 is 0 Å². The number of hydrogen-bond donors (Lipinski definition) is 1. The molecule has 0 unspecified atom stereocenters. The first-order valence-corrected chi connectivity index (χ1v) is 12.3. The van der Waals surface area contributed by atoms with E-state index in [1.54, 1.807) is 13.8 Å². The predicted octanol–water partition coefficient (Wildman–Crippen LogP) is 1.72. The Morgan fingerprint density at radius 1 is 1.16 bits per heavy atom. The minimum atomic E-state index is -0.815. The summed E-state index contributed by atoms with van der Waals surface area (Å²) in [6.45, 7) is 9.90. The summed E-state index contributed by atoms with van der Waals surface area (Å²) in [7, 11) is 0. The summed E-state index contributed by atoms with van der Waals surface area (Å²) in [6, 6.07) is 0. The second-order valence-electron chi connectivity index (χ2n) is 9.82. The molecule has 2 saturated heterocycles. The molecule has 2 aliphatic carbocycles. The maximum atomic E-state index is 13.2. The number of carbonyl (C=O) groups is 4. The molecule has 37 heavy (non-hydrogen) atoms. The molecule has 10 heteroatoms. The zero-order valence-electron chi connectivity index (χ0n) is 21.4. The van der Waals surface area contributed by atoms with Crippen LogP contribution in [0.2, 0.25) is 0 Å². The molecule has 2 heterocycles. The number of esters is 4. The van der Waals surface area contributed by atoms with Gasteiger partial charge in [0.25, 0.3) is 0 Å². The number of rotatable bonds is 7. The Morgan fingerprint density at radius 3 is 2.41 bits per heavy atom. The number of fused-ring (bicyclic) bond motifs is 4. The van der Waals surface area contributed by atoms with Crippen LogP contribution < -0.4 is 0 Å². The van der Waals surface area contributed by atoms with Crippen molar-refractivity contribution in [2.45, 2.75) is 58.0 Å². The Kier molecular flexibility index (Phi) is 7.43. The monoisotopic (exact) mass is 516 g/mol. The molecule has 1 spiro atoms. The lowest BCUT2D eigenvalue weighted by molar-refractivity contribution is -0.151. The Morgan fingerprint density at radius 2 is 1.84 bits per heavy atom. The van der Waals surface area contributed by atoms with Crippen molar-refractivity contribution >= 4 is 23.9 Å². The van der Waals surface area contributed by atoms with E-state index in [-0.39, 0.29) is 41.6 Å². The minimum absolute atomic E-state index is 0.0680. The fraction of sp³-hybridized carbons (Fsp3) is 0.556. The van der Waals surface area contributed by atoms with Crippen LogP contribution in [0.25, 0.3) is 0 Å². The second kappa shape index (κ2) is 10.3. The molecule has 10 nitrogen and oxygen atoms in total. The van der Waals surface area contributed by atoms with E-state index in [9.17, 15) is 24.3 Å². The SMILES string of the molecule is C=C1C(=O)O[C@@H]2[C@H]3C(C)=C[C@@H](OC(C)=O)[C@H]3[C@@]3(CO3)C[C@@H](OC(=O)/C(=C/C)COC(=O)/C(=C/C)CO)[C@@H]12. The van der Waals surface area contributed by atoms with Crippen molar-refractivity contribution in [3.05, 3.63) is 47.1 Å². The van der Waals surface area contributed by atoms with Gasteiger partial charge < -0.3 is 28.8 Å². The highest BCUT2D eigenvalue weighted by Gasteiger charge is 2.68. The topological polar surface area (TPSA) is 138 Å². The number of ether oxygens (including phenoxy) is 5. The molecule has 4 aliphatic rings. The van der Waals surface area contributed by atoms with E-state index < -0.39 is 60.3 Å². The fourth-order valence-corrected chi connectivity index (χ4v) is 5.79. The molecule has 0 aromatic heterocycles. The number of carbonyl (C=O) groups excluding carboxylic acids is 4. The highest BCUT2D eigenvalue weighted by atomic mass is 16.6. The molecule has 0 bridgehead atoms. The van der Waals surface area contributed by atoms with Gasteiger partial charge in [-0.2, -0.15) is 0 Å². The summed E-state index contributed by atoms with van der Waals surface area (Å²) in [4.78, 5) is 49.7. The van der Waals surface area contributed by atoms with Crippen LogP contribution in [0.5, 0.6) is 0 Å². The molecular weight excluding hydrogens is 484 g/mol. The van der Waals surface area contributed by atoms with Crippen molar-refractivity contribution in [1.82, 2.24) is 0 Å². The zero-order chi connectivity index (χ0) is 27.1. The number of hydrogen-bond acceptors (Lipinski definition) is 10. The molecule has 0 radical (unpaired) electrons.